The van der Waals surface area contributed by atoms with Gasteiger partial charge >= 0.3 is 6.09 Å². The Balaban J connectivity index is 2.05. The molecular weight excluding hydrogens is 294 g/mol. The van der Waals surface area contributed by atoms with Crippen LogP contribution in [0, 0.1) is 0 Å². The minimum Gasteiger partial charge on any atom is -0.444 e. The van der Waals surface area contributed by atoms with E-state index in [1.54, 1.807) is 11.0 Å². The summed E-state index contributed by atoms with van der Waals surface area (Å²) in [5, 5.41) is 3.10. The Morgan fingerprint density at radius 1 is 1.22 bits per heavy atom. The molecule has 6 nitrogen and oxygen atoms in total. The number of piperazine rings is 1. The molecule has 2 rings (SSSR count). The number of carbonyl (C=O) groups excluding carboxylic acids is 2. The minimum atomic E-state index is -0.480. The Kier molecular flexibility index (Phi) is 5.13. The average Bonchev–Trinajstić information content (AvgIpc) is 2.52. The number of aldehydes is 1. The maximum absolute atomic E-state index is 12.1. The van der Waals surface area contributed by atoms with E-state index in [2.05, 4.69) is 10.2 Å². The predicted octanol–water partition coefficient (Wildman–Crippen LogP) is 2.60. The molecule has 1 fully saturated rings. The van der Waals surface area contributed by atoms with E-state index in [0.717, 1.165) is 17.7 Å². The van der Waals surface area contributed by atoms with E-state index in [0.29, 0.717) is 31.7 Å². The highest BCUT2D eigenvalue weighted by atomic mass is 16.6. The average molecular weight is 319 g/mol. The molecule has 1 saturated heterocycles. The van der Waals surface area contributed by atoms with Crippen molar-refractivity contribution in [3.8, 4) is 0 Å². The van der Waals surface area contributed by atoms with E-state index in [1.807, 2.05) is 40.0 Å². The molecular formula is C17H25N3O3. The number of ether oxygens (including phenoxy) is 1. The SMILES string of the molecule is CNc1c(C=O)cccc1N1CCN(C(=O)OC(C)(C)C)CC1. The van der Waals surface area contributed by atoms with Crippen molar-refractivity contribution in [2.24, 2.45) is 0 Å². The second kappa shape index (κ2) is 6.89. The molecule has 0 aromatic heterocycles. The number of nitrogens with zero attached hydrogens (tertiary/aromatic N) is 2. The van der Waals surface area contributed by atoms with E-state index in [-0.39, 0.29) is 6.09 Å². The first-order valence-corrected chi connectivity index (χ1v) is 7.84. The van der Waals surface area contributed by atoms with E-state index in [4.69, 9.17) is 4.74 Å². The van der Waals surface area contributed by atoms with Crippen molar-refractivity contribution >= 4 is 23.8 Å². The third-order valence-corrected chi connectivity index (χ3v) is 3.72. The van der Waals surface area contributed by atoms with Crippen LogP contribution >= 0.6 is 0 Å². The van der Waals surface area contributed by atoms with Gasteiger partial charge in [-0.15, -0.1) is 0 Å². The third-order valence-electron chi connectivity index (χ3n) is 3.72. The number of hydrogen-bond donors (Lipinski definition) is 1. The highest BCUT2D eigenvalue weighted by Gasteiger charge is 2.26. The van der Waals surface area contributed by atoms with Gasteiger partial charge in [0.2, 0.25) is 0 Å². The summed E-state index contributed by atoms with van der Waals surface area (Å²) in [5.74, 6) is 0. The Morgan fingerprint density at radius 2 is 1.87 bits per heavy atom. The molecule has 0 atom stereocenters. The monoisotopic (exact) mass is 319 g/mol. The lowest BCUT2D eigenvalue weighted by atomic mass is 10.1. The van der Waals surface area contributed by atoms with Crippen LogP contribution in [0.4, 0.5) is 16.2 Å². The van der Waals surface area contributed by atoms with Crippen molar-refractivity contribution in [1.82, 2.24) is 4.90 Å². The van der Waals surface area contributed by atoms with Crippen LogP contribution in [0.15, 0.2) is 18.2 Å². The smallest absolute Gasteiger partial charge is 0.410 e. The Bertz CT molecular complexity index is 573. The maximum atomic E-state index is 12.1. The van der Waals surface area contributed by atoms with Crippen LogP contribution in [0.3, 0.4) is 0 Å². The molecule has 1 aliphatic heterocycles. The number of nitrogens with one attached hydrogen (secondary N) is 1. The fourth-order valence-corrected chi connectivity index (χ4v) is 2.65. The highest BCUT2D eigenvalue weighted by Crippen LogP contribution is 2.29. The lowest BCUT2D eigenvalue weighted by Gasteiger charge is -2.37. The van der Waals surface area contributed by atoms with Crippen LogP contribution < -0.4 is 10.2 Å². The van der Waals surface area contributed by atoms with Gasteiger partial charge in [0.1, 0.15) is 5.60 Å². The van der Waals surface area contributed by atoms with E-state index in [9.17, 15) is 9.59 Å². The summed E-state index contributed by atoms with van der Waals surface area (Å²) in [6.45, 7) is 8.21. The van der Waals surface area contributed by atoms with Gasteiger partial charge in [-0.1, -0.05) is 6.07 Å². The summed E-state index contributed by atoms with van der Waals surface area (Å²) < 4.78 is 5.41. The molecule has 0 saturated carbocycles. The van der Waals surface area contributed by atoms with E-state index < -0.39 is 5.60 Å². The highest BCUT2D eigenvalue weighted by molar-refractivity contribution is 5.90. The van der Waals surface area contributed by atoms with Gasteiger partial charge in [-0.05, 0) is 32.9 Å². The van der Waals surface area contributed by atoms with Crippen LogP contribution in [0.5, 0.6) is 0 Å². The second-order valence-corrected chi connectivity index (χ2v) is 6.56. The number of amides is 1. The van der Waals surface area contributed by atoms with Crippen molar-refractivity contribution < 1.29 is 14.3 Å². The molecule has 0 radical (unpaired) electrons. The Morgan fingerprint density at radius 3 is 2.39 bits per heavy atom. The second-order valence-electron chi connectivity index (χ2n) is 6.56. The molecule has 1 heterocycles. The van der Waals surface area contributed by atoms with Gasteiger partial charge in [-0.3, -0.25) is 4.79 Å². The first-order valence-electron chi connectivity index (χ1n) is 7.84. The lowest BCUT2D eigenvalue weighted by molar-refractivity contribution is 0.0240. The molecule has 1 amide bonds. The minimum absolute atomic E-state index is 0.271. The summed E-state index contributed by atoms with van der Waals surface area (Å²) in [7, 11) is 1.81. The van der Waals surface area contributed by atoms with Crippen molar-refractivity contribution in [3.05, 3.63) is 23.8 Å². The van der Waals surface area contributed by atoms with Crippen molar-refractivity contribution in [2.45, 2.75) is 26.4 Å². The number of para-hydroxylation sites is 1. The number of hydrogen-bond acceptors (Lipinski definition) is 5. The molecule has 126 valence electrons. The van der Waals surface area contributed by atoms with Crippen molar-refractivity contribution in [3.63, 3.8) is 0 Å². The van der Waals surface area contributed by atoms with E-state index in [1.165, 1.54) is 0 Å². The zero-order valence-corrected chi connectivity index (χ0v) is 14.3. The van der Waals surface area contributed by atoms with Crippen molar-refractivity contribution in [2.75, 3.05) is 43.4 Å². The molecule has 0 unspecified atom stereocenters. The Labute approximate surface area is 137 Å². The van der Waals surface area contributed by atoms with Crippen LogP contribution in [0.1, 0.15) is 31.1 Å². The fraction of sp³-hybridized carbons (Fsp3) is 0.529. The molecule has 0 spiro atoms. The summed E-state index contributed by atoms with van der Waals surface area (Å²) in [4.78, 5) is 27.2. The Hall–Kier alpha value is -2.24. The van der Waals surface area contributed by atoms with Crippen LogP contribution in [-0.2, 0) is 4.74 Å². The maximum Gasteiger partial charge on any atom is 0.410 e. The van der Waals surface area contributed by atoms with Gasteiger partial charge in [0.25, 0.3) is 0 Å². The van der Waals surface area contributed by atoms with Crippen LogP contribution in [0.2, 0.25) is 0 Å². The summed E-state index contributed by atoms with van der Waals surface area (Å²) in [5.41, 5.74) is 1.97. The lowest BCUT2D eigenvalue weighted by Crippen LogP contribution is -2.50. The van der Waals surface area contributed by atoms with Crippen LogP contribution in [0.25, 0.3) is 0 Å². The van der Waals surface area contributed by atoms with Crippen LogP contribution in [-0.4, -0.2) is 56.1 Å². The summed E-state index contributed by atoms with van der Waals surface area (Å²) >= 11 is 0. The van der Waals surface area contributed by atoms with Gasteiger partial charge in [0.05, 0.1) is 11.4 Å². The molecule has 6 heteroatoms. The summed E-state index contributed by atoms with van der Waals surface area (Å²) in [6.07, 6.45) is 0.583. The summed E-state index contributed by atoms with van der Waals surface area (Å²) in [6, 6.07) is 5.65. The number of carbonyl (C=O) groups is 2. The number of rotatable bonds is 3. The largest absolute Gasteiger partial charge is 0.444 e. The molecule has 1 aliphatic rings. The quantitative estimate of drug-likeness (QED) is 0.868. The molecule has 1 N–H and O–H groups in total. The number of benzene rings is 1. The molecule has 23 heavy (non-hydrogen) atoms. The topological polar surface area (TPSA) is 61.9 Å². The standard InChI is InChI=1S/C17H25N3O3/c1-17(2,3)23-16(22)20-10-8-19(9-11-20)14-7-5-6-13(12-21)15(14)18-4/h5-7,12,18H,8-11H2,1-4H3. The molecule has 1 aromatic rings. The van der Waals surface area contributed by atoms with Gasteiger partial charge in [0, 0.05) is 38.8 Å². The van der Waals surface area contributed by atoms with E-state index >= 15 is 0 Å². The third kappa shape index (κ3) is 4.15. The van der Waals surface area contributed by atoms with Gasteiger partial charge in [-0.25, -0.2) is 4.79 Å². The molecule has 0 bridgehead atoms. The molecule has 1 aromatic carbocycles. The fourth-order valence-electron chi connectivity index (χ4n) is 2.65. The van der Waals surface area contributed by atoms with Gasteiger partial charge in [0.15, 0.2) is 6.29 Å². The van der Waals surface area contributed by atoms with Crippen molar-refractivity contribution in [1.29, 1.82) is 0 Å². The first-order chi connectivity index (χ1) is 10.9. The number of anilines is 2. The zero-order chi connectivity index (χ0) is 17.0. The predicted molar refractivity (Wildman–Crippen MR) is 91.4 cm³/mol. The normalized spacial score (nSPS) is 15.3. The van der Waals surface area contributed by atoms with Gasteiger partial charge in [-0.2, -0.15) is 0 Å². The zero-order valence-electron chi connectivity index (χ0n) is 14.3. The molecule has 0 aliphatic carbocycles. The van der Waals surface area contributed by atoms with Gasteiger partial charge < -0.3 is 19.9 Å². The first kappa shape index (κ1) is 17.1.